The van der Waals surface area contributed by atoms with Crippen LogP contribution in [0, 0.1) is 0 Å². The third kappa shape index (κ3) is 8.10. The summed E-state index contributed by atoms with van der Waals surface area (Å²) >= 11 is 0. The van der Waals surface area contributed by atoms with Crippen LogP contribution in [0.15, 0.2) is 42.5 Å². The SMILES string of the molecule is CC(C)(C)OC(=O)N1C[C@@H](F)C[C@H]1COCC=CCOCc1ccccc1. The minimum Gasteiger partial charge on any atom is -0.444 e. The second-order valence-electron chi connectivity index (χ2n) is 7.63. The zero-order chi connectivity index (χ0) is 19.7. The van der Waals surface area contributed by atoms with Crippen LogP contribution in [0.1, 0.15) is 32.8 Å². The molecule has 0 saturated carbocycles. The van der Waals surface area contributed by atoms with E-state index in [1.807, 2.05) is 42.5 Å². The van der Waals surface area contributed by atoms with Crippen LogP contribution in [-0.4, -0.2) is 55.2 Å². The van der Waals surface area contributed by atoms with E-state index in [0.717, 1.165) is 5.56 Å². The number of halogens is 1. The first-order valence-corrected chi connectivity index (χ1v) is 9.33. The standard InChI is InChI=1S/C21H30FNO4/c1-21(2,3)27-20(24)23-14-18(22)13-19(23)16-26-12-8-7-11-25-15-17-9-5-4-6-10-17/h4-10,18-19H,11-16H2,1-3H3/t18-,19-/m0/s1. The summed E-state index contributed by atoms with van der Waals surface area (Å²) in [5, 5.41) is 0. The molecule has 1 aliphatic heterocycles. The lowest BCUT2D eigenvalue weighted by Gasteiger charge is -2.28. The maximum absolute atomic E-state index is 13.7. The van der Waals surface area contributed by atoms with Gasteiger partial charge in [-0.25, -0.2) is 9.18 Å². The highest BCUT2D eigenvalue weighted by Crippen LogP contribution is 2.23. The predicted octanol–water partition coefficient (Wildman–Crippen LogP) is 4.12. The van der Waals surface area contributed by atoms with Gasteiger partial charge in [0.2, 0.25) is 0 Å². The molecule has 6 heteroatoms. The Morgan fingerprint density at radius 3 is 2.52 bits per heavy atom. The molecule has 1 aromatic carbocycles. The largest absolute Gasteiger partial charge is 0.444 e. The van der Waals surface area contributed by atoms with Gasteiger partial charge in [0.1, 0.15) is 11.8 Å². The first-order valence-electron chi connectivity index (χ1n) is 9.33. The Morgan fingerprint density at radius 1 is 1.19 bits per heavy atom. The van der Waals surface area contributed by atoms with Crippen molar-refractivity contribution in [2.75, 3.05) is 26.4 Å². The van der Waals surface area contributed by atoms with Crippen LogP contribution in [0.2, 0.25) is 0 Å². The van der Waals surface area contributed by atoms with Crippen LogP contribution in [0.5, 0.6) is 0 Å². The van der Waals surface area contributed by atoms with Gasteiger partial charge in [0.25, 0.3) is 0 Å². The monoisotopic (exact) mass is 379 g/mol. The summed E-state index contributed by atoms with van der Waals surface area (Å²) in [6.07, 6.45) is 2.52. The van der Waals surface area contributed by atoms with Gasteiger partial charge in [-0.05, 0) is 26.3 Å². The molecule has 0 N–H and O–H groups in total. The lowest BCUT2D eigenvalue weighted by atomic mass is 10.2. The Kier molecular flexibility index (Phi) is 8.25. The van der Waals surface area contributed by atoms with Crippen molar-refractivity contribution in [2.24, 2.45) is 0 Å². The quantitative estimate of drug-likeness (QED) is 0.503. The zero-order valence-corrected chi connectivity index (χ0v) is 16.4. The topological polar surface area (TPSA) is 48.0 Å². The molecule has 0 bridgehead atoms. The van der Waals surface area contributed by atoms with Crippen LogP contribution in [-0.2, 0) is 20.8 Å². The molecular formula is C21H30FNO4. The lowest BCUT2D eigenvalue weighted by molar-refractivity contribution is 0.0123. The molecule has 1 heterocycles. The molecule has 5 nitrogen and oxygen atoms in total. The van der Waals surface area contributed by atoms with Gasteiger partial charge in [-0.2, -0.15) is 0 Å². The van der Waals surface area contributed by atoms with Crippen molar-refractivity contribution < 1.29 is 23.4 Å². The number of amides is 1. The number of benzene rings is 1. The Labute approximate surface area is 161 Å². The average molecular weight is 379 g/mol. The third-order valence-electron chi connectivity index (χ3n) is 4.01. The van der Waals surface area contributed by atoms with Crippen molar-refractivity contribution >= 4 is 6.09 Å². The first kappa shape index (κ1) is 21.4. The van der Waals surface area contributed by atoms with Gasteiger partial charge in [0, 0.05) is 6.42 Å². The van der Waals surface area contributed by atoms with Gasteiger partial charge in [-0.1, -0.05) is 42.5 Å². The fourth-order valence-corrected chi connectivity index (χ4v) is 2.79. The highest BCUT2D eigenvalue weighted by molar-refractivity contribution is 5.69. The summed E-state index contributed by atoms with van der Waals surface area (Å²) < 4.78 is 30.2. The number of hydrogen-bond acceptors (Lipinski definition) is 4. The van der Waals surface area contributed by atoms with Gasteiger partial charge in [0.15, 0.2) is 0 Å². The number of carbonyl (C=O) groups excluding carboxylic acids is 1. The normalized spacial score (nSPS) is 20.4. The highest BCUT2D eigenvalue weighted by Gasteiger charge is 2.37. The van der Waals surface area contributed by atoms with E-state index in [2.05, 4.69) is 0 Å². The van der Waals surface area contributed by atoms with Crippen LogP contribution in [0.3, 0.4) is 0 Å². The van der Waals surface area contributed by atoms with Crippen molar-refractivity contribution in [3.05, 3.63) is 48.0 Å². The molecule has 150 valence electrons. The highest BCUT2D eigenvalue weighted by atomic mass is 19.1. The number of likely N-dealkylation sites (tertiary alicyclic amines) is 1. The second kappa shape index (κ2) is 10.4. The summed E-state index contributed by atoms with van der Waals surface area (Å²) in [6, 6.07) is 9.67. The van der Waals surface area contributed by atoms with Crippen molar-refractivity contribution in [3.8, 4) is 0 Å². The molecule has 2 atom stereocenters. The summed E-state index contributed by atoms with van der Waals surface area (Å²) in [5.74, 6) is 0. The van der Waals surface area contributed by atoms with E-state index in [0.29, 0.717) is 19.8 Å². The molecule has 1 fully saturated rings. The van der Waals surface area contributed by atoms with Gasteiger partial charge >= 0.3 is 6.09 Å². The van der Waals surface area contributed by atoms with Crippen molar-refractivity contribution in [1.82, 2.24) is 4.90 Å². The maximum atomic E-state index is 13.7. The van der Waals surface area contributed by atoms with E-state index in [1.54, 1.807) is 20.8 Å². The molecule has 1 saturated heterocycles. The molecule has 0 aromatic heterocycles. The van der Waals surface area contributed by atoms with Crippen LogP contribution in [0.4, 0.5) is 9.18 Å². The molecule has 1 amide bonds. The van der Waals surface area contributed by atoms with Crippen LogP contribution < -0.4 is 0 Å². The molecule has 27 heavy (non-hydrogen) atoms. The Morgan fingerprint density at radius 2 is 1.85 bits per heavy atom. The van der Waals surface area contributed by atoms with E-state index in [-0.39, 0.29) is 25.6 Å². The van der Waals surface area contributed by atoms with Crippen molar-refractivity contribution in [1.29, 1.82) is 0 Å². The lowest BCUT2D eigenvalue weighted by Crippen LogP contribution is -2.41. The molecule has 1 aromatic rings. The van der Waals surface area contributed by atoms with E-state index in [1.165, 1.54) is 4.90 Å². The molecule has 0 aliphatic carbocycles. The number of ether oxygens (including phenoxy) is 3. The summed E-state index contributed by atoms with van der Waals surface area (Å²) in [5.41, 5.74) is 0.533. The smallest absolute Gasteiger partial charge is 0.410 e. The molecular weight excluding hydrogens is 349 g/mol. The van der Waals surface area contributed by atoms with Crippen molar-refractivity contribution in [3.63, 3.8) is 0 Å². The van der Waals surface area contributed by atoms with E-state index in [4.69, 9.17) is 14.2 Å². The number of nitrogens with zero attached hydrogens (tertiary/aromatic N) is 1. The van der Waals surface area contributed by atoms with Crippen LogP contribution in [0.25, 0.3) is 0 Å². The minimum absolute atomic E-state index is 0.0616. The fraction of sp³-hybridized carbons (Fsp3) is 0.571. The Hall–Kier alpha value is -1.92. The van der Waals surface area contributed by atoms with Gasteiger partial charge in [0.05, 0.1) is 39.0 Å². The van der Waals surface area contributed by atoms with Crippen molar-refractivity contribution in [2.45, 2.75) is 51.6 Å². The number of hydrogen-bond donors (Lipinski definition) is 0. The Balaban J connectivity index is 1.63. The number of carbonyl (C=O) groups is 1. The van der Waals surface area contributed by atoms with E-state index < -0.39 is 17.9 Å². The van der Waals surface area contributed by atoms with E-state index in [9.17, 15) is 9.18 Å². The first-order chi connectivity index (χ1) is 12.8. The van der Waals surface area contributed by atoms with Crippen LogP contribution >= 0.6 is 0 Å². The fourth-order valence-electron chi connectivity index (χ4n) is 2.79. The molecule has 2 rings (SSSR count). The Bertz CT molecular complexity index is 600. The maximum Gasteiger partial charge on any atom is 0.410 e. The van der Waals surface area contributed by atoms with E-state index >= 15 is 0 Å². The molecule has 1 aliphatic rings. The molecule has 0 spiro atoms. The predicted molar refractivity (Wildman–Crippen MR) is 102 cm³/mol. The van der Waals surface area contributed by atoms with Gasteiger partial charge < -0.3 is 14.2 Å². The third-order valence-corrected chi connectivity index (χ3v) is 4.01. The molecule has 0 unspecified atom stereocenters. The summed E-state index contributed by atoms with van der Waals surface area (Å²) in [7, 11) is 0. The molecule has 0 radical (unpaired) electrons. The minimum atomic E-state index is -1.03. The van der Waals surface area contributed by atoms with Gasteiger partial charge in [-0.15, -0.1) is 0 Å². The average Bonchev–Trinajstić information content (AvgIpc) is 2.97. The number of rotatable bonds is 8. The second-order valence-corrected chi connectivity index (χ2v) is 7.63. The van der Waals surface area contributed by atoms with Gasteiger partial charge in [-0.3, -0.25) is 4.90 Å². The summed E-state index contributed by atoms with van der Waals surface area (Å²) in [6.45, 7) is 7.19. The summed E-state index contributed by atoms with van der Waals surface area (Å²) in [4.78, 5) is 13.6. The zero-order valence-electron chi connectivity index (χ0n) is 16.4. The number of alkyl halides is 1.